The Labute approximate surface area is 129 Å². The molecule has 1 rings (SSSR count). The quantitative estimate of drug-likeness (QED) is 0.784. The van der Waals surface area contributed by atoms with Crippen LogP contribution in [0.5, 0.6) is 0 Å². The maximum absolute atomic E-state index is 9.65. The van der Waals surface area contributed by atoms with E-state index in [0.717, 1.165) is 11.0 Å². The number of hydrogen-bond donors (Lipinski definition) is 2. The van der Waals surface area contributed by atoms with E-state index in [-0.39, 0.29) is 16.9 Å². The lowest BCUT2D eigenvalue weighted by Gasteiger charge is -2.23. The fraction of sp³-hybridized carbons (Fsp3) is 0.600. The molecule has 2 nitrogen and oxygen atoms in total. The minimum Gasteiger partial charge on any atom is -0.392 e. The Bertz CT molecular complexity index is 415. The Morgan fingerprint density at radius 1 is 1.32 bits per heavy atom. The van der Waals surface area contributed by atoms with Gasteiger partial charge in [-0.05, 0) is 45.4 Å². The zero-order valence-electron chi connectivity index (χ0n) is 12.3. The van der Waals surface area contributed by atoms with Crippen LogP contribution in [0.15, 0.2) is 27.6 Å². The third-order valence-electron chi connectivity index (χ3n) is 2.83. The van der Waals surface area contributed by atoms with Crippen molar-refractivity contribution in [1.29, 1.82) is 0 Å². The van der Waals surface area contributed by atoms with Crippen LogP contribution in [0.4, 0.5) is 0 Å². The van der Waals surface area contributed by atoms with Gasteiger partial charge >= 0.3 is 0 Å². The van der Waals surface area contributed by atoms with Gasteiger partial charge in [-0.2, -0.15) is 0 Å². The predicted molar refractivity (Wildman–Crippen MR) is 87.7 cm³/mol. The zero-order valence-corrected chi connectivity index (χ0v) is 14.7. The monoisotopic (exact) mass is 345 g/mol. The Morgan fingerprint density at radius 2 is 1.95 bits per heavy atom. The van der Waals surface area contributed by atoms with Crippen molar-refractivity contribution in [3.63, 3.8) is 0 Å². The first-order chi connectivity index (χ1) is 8.69. The molecule has 4 heteroatoms. The smallest absolute Gasteiger partial charge is 0.0631 e. The van der Waals surface area contributed by atoms with Gasteiger partial charge in [0.05, 0.1) is 6.10 Å². The summed E-state index contributed by atoms with van der Waals surface area (Å²) >= 11 is 5.24. The van der Waals surface area contributed by atoms with Gasteiger partial charge in [0.2, 0.25) is 0 Å². The molecule has 0 aliphatic carbocycles. The summed E-state index contributed by atoms with van der Waals surface area (Å²) in [5, 5.41) is 13.3. The topological polar surface area (TPSA) is 32.3 Å². The third kappa shape index (κ3) is 6.30. The summed E-state index contributed by atoms with van der Waals surface area (Å²) in [4.78, 5) is 1.22. The van der Waals surface area contributed by atoms with Crippen molar-refractivity contribution in [1.82, 2.24) is 5.32 Å². The average Bonchev–Trinajstić information content (AvgIpc) is 2.26. The summed E-state index contributed by atoms with van der Waals surface area (Å²) in [6.45, 7) is 11.2. The molecule has 0 heterocycles. The number of hydrogen-bond acceptors (Lipinski definition) is 3. The number of nitrogens with one attached hydrogen (secondary N) is 1. The second-order valence-corrected chi connectivity index (χ2v) is 8.25. The molecule has 0 aliphatic heterocycles. The van der Waals surface area contributed by atoms with Crippen molar-refractivity contribution in [2.24, 2.45) is 0 Å². The summed E-state index contributed by atoms with van der Waals surface area (Å²) in [5.41, 5.74) is 1.38. The highest BCUT2D eigenvalue weighted by Gasteiger charge is 2.15. The molecule has 0 aromatic heterocycles. The first-order valence-corrected chi connectivity index (χ1v) is 8.24. The Kier molecular flexibility index (Phi) is 6.37. The second-order valence-electron chi connectivity index (χ2n) is 5.92. The van der Waals surface area contributed by atoms with Gasteiger partial charge in [-0.25, -0.2) is 0 Å². The summed E-state index contributed by atoms with van der Waals surface area (Å²) in [5.74, 6) is 0. The van der Waals surface area contributed by atoms with Gasteiger partial charge in [0, 0.05) is 26.7 Å². The maximum atomic E-state index is 9.65. The SMILES string of the molecule is CC(O)C(C)Sc1cc(Br)ccc1CNC(C)(C)C. The molecule has 108 valence electrons. The van der Waals surface area contributed by atoms with E-state index < -0.39 is 0 Å². The molecule has 2 atom stereocenters. The molecule has 0 aliphatic rings. The van der Waals surface area contributed by atoms with E-state index in [9.17, 15) is 5.11 Å². The third-order valence-corrected chi connectivity index (χ3v) is 4.72. The van der Waals surface area contributed by atoms with Crippen molar-refractivity contribution in [3.05, 3.63) is 28.2 Å². The van der Waals surface area contributed by atoms with Crippen LogP contribution in [0.3, 0.4) is 0 Å². The van der Waals surface area contributed by atoms with Gasteiger partial charge in [0.25, 0.3) is 0 Å². The summed E-state index contributed by atoms with van der Waals surface area (Å²) in [6.07, 6.45) is -0.313. The number of benzene rings is 1. The zero-order chi connectivity index (χ0) is 14.6. The first-order valence-electron chi connectivity index (χ1n) is 6.57. The van der Waals surface area contributed by atoms with Crippen molar-refractivity contribution in [3.8, 4) is 0 Å². The summed E-state index contributed by atoms with van der Waals surface area (Å²) in [7, 11) is 0. The van der Waals surface area contributed by atoms with Gasteiger partial charge in [-0.1, -0.05) is 28.9 Å². The van der Waals surface area contributed by atoms with Gasteiger partial charge < -0.3 is 10.4 Å². The van der Waals surface area contributed by atoms with Crippen LogP contribution in [0.1, 0.15) is 40.2 Å². The van der Waals surface area contributed by atoms with Crippen LogP contribution in [-0.4, -0.2) is 22.0 Å². The number of rotatable bonds is 5. The predicted octanol–water partition coefficient (Wildman–Crippen LogP) is 4.20. The van der Waals surface area contributed by atoms with Crippen molar-refractivity contribution in [2.45, 2.75) is 63.0 Å². The van der Waals surface area contributed by atoms with E-state index in [1.807, 2.05) is 6.92 Å². The minimum atomic E-state index is -0.313. The number of aliphatic hydroxyl groups excluding tert-OH is 1. The molecule has 0 saturated carbocycles. The lowest BCUT2D eigenvalue weighted by Crippen LogP contribution is -2.35. The van der Waals surface area contributed by atoms with E-state index in [2.05, 4.69) is 67.1 Å². The van der Waals surface area contributed by atoms with Crippen LogP contribution in [0.2, 0.25) is 0 Å². The average molecular weight is 346 g/mol. The minimum absolute atomic E-state index is 0.102. The normalized spacial score (nSPS) is 15.3. The van der Waals surface area contributed by atoms with Gasteiger partial charge in [-0.3, -0.25) is 0 Å². The molecular formula is C15H24BrNOS. The van der Waals surface area contributed by atoms with Crippen LogP contribution in [-0.2, 0) is 6.54 Å². The fourth-order valence-corrected chi connectivity index (χ4v) is 3.04. The molecule has 19 heavy (non-hydrogen) atoms. The van der Waals surface area contributed by atoms with E-state index >= 15 is 0 Å². The van der Waals surface area contributed by atoms with Crippen LogP contribution >= 0.6 is 27.7 Å². The Balaban J connectivity index is 2.85. The van der Waals surface area contributed by atoms with E-state index in [1.54, 1.807) is 11.8 Å². The largest absolute Gasteiger partial charge is 0.392 e. The molecule has 0 spiro atoms. The number of thioether (sulfide) groups is 1. The highest BCUT2D eigenvalue weighted by molar-refractivity contribution is 9.10. The molecule has 0 bridgehead atoms. The van der Waals surface area contributed by atoms with Gasteiger partial charge in [0.1, 0.15) is 0 Å². The van der Waals surface area contributed by atoms with E-state index in [1.165, 1.54) is 10.5 Å². The van der Waals surface area contributed by atoms with E-state index in [0.29, 0.717) is 0 Å². The second kappa shape index (κ2) is 7.11. The number of halogens is 1. The Hall–Kier alpha value is -0.0300. The maximum Gasteiger partial charge on any atom is 0.0631 e. The summed E-state index contributed by atoms with van der Waals surface area (Å²) < 4.78 is 1.08. The molecule has 1 aromatic carbocycles. The van der Waals surface area contributed by atoms with Gasteiger partial charge in [0.15, 0.2) is 0 Å². The lowest BCUT2D eigenvalue weighted by molar-refractivity contribution is 0.196. The van der Waals surface area contributed by atoms with Crippen molar-refractivity contribution in [2.75, 3.05) is 0 Å². The standard InChI is InChI=1S/C15H24BrNOS/c1-10(18)11(2)19-14-8-13(16)7-6-12(14)9-17-15(3,4)5/h6-8,10-11,17-18H,9H2,1-5H3. The first kappa shape index (κ1) is 17.0. The molecule has 0 fully saturated rings. The molecular weight excluding hydrogens is 322 g/mol. The molecule has 0 amide bonds. The lowest BCUT2D eigenvalue weighted by atomic mass is 10.1. The van der Waals surface area contributed by atoms with Crippen LogP contribution in [0, 0.1) is 0 Å². The van der Waals surface area contributed by atoms with Crippen LogP contribution in [0.25, 0.3) is 0 Å². The molecule has 1 aromatic rings. The van der Waals surface area contributed by atoms with Gasteiger partial charge in [-0.15, -0.1) is 11.8 Å². The fourth-order valence-electron chi connectivity index (χ4n) is 1.44. The Morgan fingerprint density at radius 3 is 2.47 bits per heavy atom. The van der Waals surface area contributed by atoms with E-state index in [4.69, 9.17) is 0 Å². The highest BCUT2D eigenvalue weighted by atomic mass is 79.9. The molecule has 2 unspecified atom stereocenters. The van der Waals surface area contributed by atoms with Crippen LogP contribution < -0.4 is 5.32 Å². The number of aliphatic hydroxyl groups is 1. The molecule has 0 saturated heterocycles. The highest BCUT2D eigenvalue weighted by Crippen LogP contribution is 2.31. The van der Waals surface area contributed by atoms with Crippen molar-refractivity contribution < 1.29 is 5.11 Å². The molecule has 0 radical (unpaired) electrons. The van der Waals surface area contributed by atoms with Crippen molar-refractivity contribution >= 4 is 27.7 Å². The summed E-state index contributed by atoms with van der Waals surface area (Å²) in [6, 6.07) is 6.33. The molecule has 2 N–H and O–H groups in total.